The number of nitro groups is 1. The van der Waals surface area contributed by atoms with E-state index in [4.69, 9.17) is 9.47 Å². The molecule has 0 saturated heterocycles. The van der Waals surface area contributed by atoms with Gasteiger partial charge >= 0.3 is 0 Å². The summed E-state index contributed by atoms with van der Waals surface area (Å²) < 4.78 is 10.8. The Hall–Kier alpha value is -2.02. The molecular weight excluding hydrogens is 262 g/mol. The van der Waals surface area contributed by atoms with Gasteiger partial charge in [-0.2, -0.15) is 0 Å². The fourth-order valence-electron chi connectivity index (χ4n) is 2.13. The predicted octanol–water partition coefficient (Wildman–Crippen LogP) is 1.53. The second kappa shape index (κ2) is 5.54. The number of hydrogen-bond acceptors (Lipinski definition) is 6. The Morgan fingerprint density at radius 2 is 1.90 bits per heavy atom. The van der Waals surface area contributed by atoms with Gasteiger partial charge in [0.15, 0.2) is 11.5 Å². The zero-order valence-corrected chi connectivity index (χ0v) is 11.1. The SMILES string of the molecule is O=[N+]([O-])c1cc2c(cc1NCCNC1CC1)OCCO2. The Labute approximate surface area is 116 Å². The van der Waals surface area contributed by atoms with Crippen molar-refractivity contribution in [3.8, 4) is 11.5 Å². The van der Waals surface area contributed by atoms with Crippen LogP contribution in [0.4, 0.5) is 11.4 Å². The van der Waals surface area contributed by atoms with Gasteiger partial charge in [-0.25, -0.2) is 0 Å². The van der Waals surface area contributed by atoms with E-state index in [-0.39, 0.29) is 5.69 Å². The number of ether oxygens (including phenoxy) is 2. The first kappa shape index (κ1) is 13.0. The van der Waals surface area contributed by atoms with E-state index in [1.54, 1.807) is 6.07 Å². The van der Waals surface area contributed by atoms with E-state index in [9.17, 15) is 10.1 Å². The average molecular weight is 279 g/mol. The summed E-state index contributed by atoms with van der Waals surface area (Å²) in [5, 5.41) is 17.5. The van der Waals surface area contributed by atoms with Crippen LogP contribution in [0.25, 0.3) is 0 Å². The largest absolute Gasteiger partial charge is 0.486 e. The van der Waals surface area contributed by atoms with Crippen molar-refractivity contribution in [3.05, 3.63) is 22.2 Å². The van der Waals surface area contributed by atoms with Crippen LogP contribution in [0.2, 0.25) is 0 Å². The molecule has 1 heterocycles. The molecule has 1 saturated carbocycles. The number of nitrogens with one attached hydrogen (secondary N) is 2. The van der Waals surface area contributed by atoms with Gasteiger partial charge in [0.1, 0.15) is 18.9 Å². The number of fused-ring (bicyclic) bond motifs is 1. The van der Waals surface area contributed by atoms with E-state index in [2.05, 4.69) is 10.6 Å². The number of benzene rings is 1. The van der Waals surface area contributed by atoms with Crippen molar-refractivity contribution in [2.24, 2.45) is 0 Å². The minimum Gasteiger partial charge on any atom is -0.486 e. The lowest BCUT2D eigenvalue weighted by Crippen LogP contribution is -2.24. The second-order valence-electron chi connectivity index (χ2n) is 4.93. The number of nitrogens with zero attached hydrogens (tertiary/aromatic N) is 1. The van der Waals surface area contributed by atoms with E-state index in [0.29, 0.717) is 43.0 Å². The molecule has 0 unspecified atom stereocenters. The van der Waals surface area contributed by atoms with E-state index < -0.39 is 4.92 Å². The third kappa shape index (κ3) is 2.93. The Morgan fingerprint density at radius 3 is 2.55 bits per heavy atom. The highest BCUT2D eigenvalue weighted by atomic mass is 16.6. The van der Waals surface area contributed by atoms with Crippen LogP contribution in [-0.4, -0.2) is 37.3 Å². The summed E-state index contributed by atoms with van der Waals surface area (Å²) >= 11 is 0. The summed E-state index contributed by atoms with van der Waals surface area (Å²) in [6.45, 7) is 2.31. The lowest BCUT2D eigenvalue weighted by Gasteiger charge is -2.19. The van der Waals surface area contributed by atoms with E-state index in [0.717, 1.165) is 6.54 Å². The Balaban J connectivity index is 1.70. The summed E-state index contributed by atoms with van der Waals surface area (Å²) in [4.78, 5) is 10.7. The van der Waals surface area contributed by atoms with E-state index >= 15 is 0 Å². The van der Waals surface area contributed by atoms with Crippen molar-refractivity contribution in [1.82, 2.24) is 5.32 Å². The van der Waals surface area contributed by atoms with Crippen LogP contribution in [0.15, 0.2) is 12.1 Å². The summed E-state index contributed by atoms with van der Waals surface area (Å²) in [5.41, 5.74) is 0.484. The van der Waals surface area contributed by atoms with Gasteiger partial charge in [-0.3, -0.25) is 10.1 Å². The Kier molecular flexibility index (Phi) is 3.60. The van der Waals surface area contributed by atoms with Crippen LogP contribution in [0.1, 0.15) is 12.8 Å². The molecule has 0 atom stereocenters. The summed E-state index contributed by atoms with van der Waals surface area (Å²) in [7, 11) is 0. The van der Waals surface area contributed by atoms with Gasteiger partial charge in [0.05, 0.1) is 11.0 Å². The highest BCUT2D eigenvalue weighted by Crippen LogP contribution is 2.39. The van der Waals surface area contributed by atoms with Crippen LogP contribution in [0.5, 0.6) is 11.5 Å². The molecule has 1 fully saturated rings. The third-order valence-corrected chi connectivity index (χ3v) is 3.31. The van der Waals surface area contributed by atoms with Crippen LogP contribution < -0.4 is 20.1 Å². The van der Waals surface area contributed by atoms with E-state index in [1.165, 1.54) is 18.9 Å². The minimum absolute atomic E-state index is 0.0145. The Morgan fingerprint density at radius 1 is 1.20 bits per heavy atom. The number of nitro benzene ring substituents is 1. The van der Waals surface area contributed by atoms with Crippen molar-refractivity contribution in [2.75, 3.05) is 31.6 Å². The molecule has 20 heavy (non-hydrogen) atoms. The smallest absolute Gasteiger partial charge is 0.296 e. The molecule has 2 N–H and O–H groups in total. The van der Waals surface area contributed by atoms with Crippen molar-refractivity contribution >= 4 is 11.4 Å². The van der Waals surface area contributed by atoms with Gasteiger partial charge in [-0.15, -0.1) is 0 Å². The van der Waals surface area contributed by atoms with Crippen molar-refractivity contribution < 1.29 is 14.4 Å². The van der Waals surface area contributed by atoms with Crippen molar-refractivity contribution in [3.63, 3.8) is 0 Å². The zero-order valence-electron chi connectivity index (χ0n) is 11.1. The standard InChI is InChI=1S/C13H17N3O4/c17-16(18)11-8-13-12(19-5-6-20-13)7-10(11)15-4-3-14-9-1-2-9/h7-9,14-15H,1-6H2. The molecule has 3 rings (SSSR count). The Bertz CT molecular complexity index is 517. The quantitative estimate of drug-likeness (QED) is 0.466. The molecule has 0 amide bonds. The molecule has 0 radical (unpaired) electrons. The van der Waals surface area contributed by atoms with Gasteiger partial charge < -0.3 is 20.1 Å². The molecule has 108 valence electrons. The highest BCUT2D eigenvalue weighted by molar-refractivity contribution is 5.68. The van der Waals surface area contributed by atoms with Crippen LogP contribution >= 0.6 is 0 Å². The maximum Gasteiger partial charge on any atom is 0.296 e. The van der Waals surface area contributed by atoms with Crippen molar-refractivity contribution in [2.45, 2.75) is 18.9 Å². The highest BCUT2D eigenvalue weighted by Gasteiger charge is 2.23. The molecular formula is C13H17N3O4. The summed E-state index contributed by atoms with van der Waals surface area (Å²) in [6.07, 6.45) is 2.45. The van der Waals surface area contributed by atoms with E-state index in [1.807, 2.05) is 0 Å². The van der Waals surface area contributed by atoms with Crippen LogP contribution in [0.3, 0.4) is 0 Å². The molecule has 1 aliphatic carbocycles. The summed E-state index contributed by atoms with van der Waals surface area (Å²) in [6, 6.07) is 3.70. The molecule has 1 aliphatic heterocycles. The topological polar surface area (TPSA) is 85.7 Å². The molecule has 0 spiro atoms. The molecule has 0 bridgehead atoms. The number of anilines is 1. The lowest BCUT2D eigenvalue weighted by molar-refractivity contribution is -0.384. The maximum atomic E-state index is 11.1. The van der Waals surface area contributed by atoms with Crippen LogP contribution in [0, 0.1) is 10.1 Å². The second-order valence-corrected chi connectivity index (χ2v) is 4.93. The third-order valence-electron chi connectivity index (χ3n) is 3.31. The molecule has 7 heteroatoms. The van der Waals surface area contributed by atoms with Crippen LogP contribution in [-0.2, 0) is 0 Å². The number of hydrogen-bond donors (Lipinski definition) is 2. The predicted molar refractivity (Wildman–Crippen MR) is 73.6 cm³/mol. The molecule has 1 aromatic rings. The van der Waals surface area contributed by atoms with Gasteiger partial charge in [-0.05, 0) is 12.8 Å². The maximum absolute atomic E-state index is 11.1. The van der Waals surface area contributed by atoms with Gasteiger partial charge in [0.2, 0.25) is 0 Å². The fourth-order valence-corrected chi connectivity index (χ4v) is 2.13. The minimum atomic E-state index is -0.408. The molecule has 7 nitrogen and oxygen atoms in total. The first-order chi connectivity index (χ1) is 9.74. The molecule has 2 aliphatic rings. The lowest BCUT2D eigenvalue weighted by atomic mass is 10.2. The molecule has 0 aromatic heterocycles. The monoisotopic (exact) mass is 279 g/mol. The van der Waals surface area contributed by atoms with Crippen molar-refractivity contribution in [1.29, 1.82) is 0 Å². The zero-order chi connectivity index (χ0) is 13.9. The average Bonchev–Trinajstić information content (AvgIpc) is 3.26. The summed E-state index contributed by atoms with van der Waals surface area (Å²) in [5.74, 6) is 0.990. The van der Waals surface area contributed by atoms with Gasteiger partial charge in [-0.1, -0.05) is 0 Å². The number of rotatable bonds is 6. The normalized spacial score (nSPS) is 16.8. The fraction of sp³-hybridized carbons (Fsp3) is 0.538. The first-order valence-corrected chi connectivity index (χ1v) is 6.79. The first-order valence-electron chi connectivity index (χ1n) is 6.79. The van der Waals surface area contributed by atoms with Gasteiger partial charge in [0, 0.05) is 25.2 Å². The molecule has 1 aromatic carbocycles. The van der Waals surface area contributed by atoms with Gasteiger partial charge in [0.25, 0.3) is 5.69 Å².